The summed E-state index contributed by atoms with van der Waals surface area (Å²) in [6, 6.07) is -0.00890. The Bertz CT molecular complexity index is 490. The van der Waals surface area contributed by atoms with Crippen molar-refractivity contribution in [3.8, 4) is 0 Å². The molecule has 0 aliphatic carbocycles. The van der Waals surface area contributed by atoms with Gasteiger partial charge in [-0.05, 0) is 12.8 Å². The first kappa shape index (κ1) is 13.2. The zero-order chi connectivity index (χ0) is 13.0. The highest BCUT2D eigenvalue weighted by molar-refractivity contribution is 7.09. The second-order valence-corrected chi connectivity index (χ2v) is 5.26. The van der Waals surface area contributed by atoms with Crippen molar-refractivity contribution in [3.05, 3.63) is 28.0 Å². The molecule has 2 aromatic heterocycles. The molecule has 2 heterocycles. The van der Waals surface area contributed by atoms with Crippen LogP contribution in [-0.2, 0) is 13.0 Å². The lowest BCUT2D eigenvalue weighted by atomic mass is 10.1. The fourth-order valence-electron chi connectivity index (χ4n) is 1.77. The number of nitrogens with two attached hydrogens (primary N) is 1. The van der Waals surface area contributed by atoms with Gasteiger partial charge in [-0.25, -0.2) is 9.67 Å². The van der Waals surface area contributed by atoms with Crippen LogP contribution in [0.5, 0.6) is 0 Å². The minimum Gasteiger partial charge on any atom is -0.323 e. The topological polar surface area (TPSA) is 69.6 Å². The van der Waals surface area contributed by atoms with Gasteiger partial charge in [0.15, 0.2) is 0 Å². The highest BCUT2D eigenvalue weighted by atomic mass is 32.1. The summed E-state index contributed by atoms with van der Waals surface area (Å²) in [7, 11) is 0. The number of nitrogens with zero attached hydrogens (tertiary/aromatic N) is 4. The van der Waals surface area contributed by atoms with E-state index in [1.807, 2.05) is 6.20 Å². The average Bonchev–Trinajstić information content (AvgIpc) is 2.99. The quantitative estimate of drug-likeness (QED) is 0.868. The Hall–Kier alpha value is -1.27. The average molecular weight is 265 g/mol. The molecule has 0 saturated carbocycles. The van der Waals surface area contributed by atoms with Crippen LogP contribution in [0.15, 0.2) is 11.6 Å². The molecule has 6 heteroatoms. The van der Waals surface area contributed by atoms with Crippen molar-refractivity contribution in [2.75, 3.05) is 0 Å². The van der Waals surface area contributed by atoms with Gasteiger partial charge in [0.25, 0.3) is 0 Å². The largest absolute Gasteiger partial charge is 0.323 e. The fraction of sp³-hybridized carbons (Fsp3) is 0.583. The van der Waals surface area contributed by atoms with Crippen LogP contribution >= 0.6 is 11.3 Å². The van der Waals surface area contributed by atoms with E-state index in [4.69, 9.17) is 5.73 Å². The third-order valence-corrected chi connectivity index (χ3v) is 3.80. The molecule has 0 spiro atoms. The maximum atomic E-state index is 6.01. The predicted octanol–water partition coefficient (Wildman–Crippen LogP) is 2.15. The van der Waals surface area contributed by atoms with Gasteiger partial charge >= 0.3 is 0 Å². The van der Waals surface area contributed by atoms with Gasteiger partial charge in [0.05, 0.1) is 35.2 Å². The summed E-state index contributed by atoms with van der Waals surface area (Å²) in [6.45, 7) is 4.90. The van der Waals surface area contributed by atoms with Crippen molar-refractivity contribution in [2.24, 2.45) is 5.73 Å². The molecule has 18 heavy (non-hydrogen) atoms. The monoisotopic (exact) mass is 265 g/mol. The Morgan fingerprint density at radius 2 is 2.28 bits per heavy atom. The summed E-state index contributed by atoms with van der Waals surface area (Å²) in [4.78, 5) is 4.51. The molecule has 0 aliphatic heterocycles. The summed E-state index contributed by atoms with van der Waals surface area (Å²) in [5.74, 6) is 0. The Balaban J connectivity index is 2.01. The zero-order valence-electron chi connectivity index (χ0n) is 10.8. The smallest absolute Gasteiger partial charge is 0.0994 e. The number of aryl methyl sites for hydroxylation is 1. The number of rotatable bonds is 6. The van der Waals surface area contributed by atoms with E-state index < -0.39 is 0 Å². The number of hydrogen-bond donors (Lipinski definition) is 1. The summed E-state index contributed by atoms with van der Waals surface area (Å²) in [5.41, 5.74) is 7.91. The van der Waals surface area contributed by atoms with Gasteiger partial charge in [-0.2, -0.15) is 0 Å². The first-order valence-electron chi connectivity index (χ1n) is 6.31. The molecule has 2 rings (SSSR count). The lowest BCUT2D eigenvalue weighted by Gasteiger charge is -2.04. The molecule has 0 bridgehead atoms. The van der Waals surface area contributed by atoms with Gasteiger partial charge in [0.2, 0.25) is 0 Å². The predicted molar refractivity (Wildman–Crippen MR) is 72.5 cm³/mol. The van der Waals surface area contributed by atoms with Crippen molar-refractivity contribution >= 4 is 11.3 Å². The Morgan fingerprint density at radius 3 is 2.94 bits per heavy atom. The Morgan fingerprint density at radius 1 is 1.44 bits per heavy atom. The second kappa shape index (κ2) is 6.06. The first-order valence-corrected chi connectivity index (χ1v) is 7.19. The van der Waals surface area contributed by atoms with Crippen LogP contribution in [0.2, 0.25) is 0 Å². The van der Waals surface area contributed by atoms with E-state index in [0.29, 0.717) is 6.54 Å². The highest BCUT2D eigenvalue weighted by Gasteiger charge is 2.10. The summed E-state index contributed by atoms with van der Waals surface area (Å²) < 4.78 is 1.80. The Kier molecular flexibility index (Phi) is 4.43. The lowest BCUT2D eigenvalue weighted by molar-refractivity contribution is 0.616. The van der Waals surface area contributed by atoms with Crippen molar-refractivity contribution in [3.63, 3.8) is 0 Å². The molecular formula is C12H19N5S. The SMILES string of the molecule is CCCC(N)c1cn(Cc2csc(CC)n2)nn1. The minimum absolute atomic E-state index is 0.00890. The fourth-order valence-corrected chi connectivity index (χ4v) is 2.51. The Labute approximate surface area is 111 Å². The van der Waals surface area contributed by atoms with E-state index in [1.54, 1.807) is 16.0 Å². The van der Waals surface area contributed by atoms with Gasteiger partial charge in [-0.1, -0.05) is 25.5 Å². The van der Waals surface area contributed by atoms with Gasteiger partial charge in [0.1, 0.15) is 0 Å². The van der Waals surface area contributed by atoms with E-state index in [2.05, 4.69) is 34.5 Å². The summed E-state index contributed by atoms with van der Waals surface area (Å²) in [5, 5.41) is 11.5. The zero-order valence-corrected chi connectivity index (χ0v) is 11.7. The standard InChI is InChI=1S/C12H19N5S/c1-3-5-10(13)11-7-17(16-15-11)6-9-8-18-12(4-2)14-9/h7-8,10H,3-6,13H2,1-2H3. The maximum absolute atomic E-state index is 6.01. The minimum atomic E-state index is -0.00890. The number of thiazole rings is 1. The van der Waals surface area contributed by atoms with Crippen molar-refractivity contribution in [1.82, 2.24) is 20.0 Å². The maximum Gasteiger partial charge on any atom is 0.0994 e. The second-order valence-electron chi connectivity index (χ2n) is 4.32. The van der Waals surface area contributed by atoms with Gasteiger partial charge in [0, 0.05) is 5.38 Å². The van der Waals surface area contributed by atoms with E-state index in [0.717, 1.165) is 35.7 Å². The van der Waals surface area contributed by atoms with Crippen LogP contribution in [0.1, 0.15) is 49.1 Å². The molecular weight excluding hydrogens is 246 g/mol. The first-order chi connectivity index (χ1) is 8.72. The molecule has 0 saturated heterocycles. The van der Waals surface area contributed by atoms with Gasteiger partial charge < -0.3 is 5.73 Å². The summed E-state index contributed by atoms with van der Waals surface area (Å²) in [6.07, 6.45) is 4.90. The molecule has 0 aromatic carbocycles. The lowest BCUT2D eigenvalue weighted by Crippen LogP contribution is -2.10. The molecule has 0 amide bonds. The molecule has 1 unspecified atom stereocenters. The number of hydrogen-bond acceptors (Lipinski definition) is 5. The van der Waals surface area contributed by atoms with Crippen molar-refractivity contribution < 1.29 is 0 Å². The van der Waals surface area contributed by atoms with Crippen molar-refractivity contribution in [1.29, 1.82) is 0 Å². The third kappa shape index (κ3) is 3.14. The summed E-state index contributed by atoms with van der Waals surface area (Å²) >= 11 is 1.69. The van der Waals surface area contributed by atoms with Crippen LogP contribution in [0.3, 0.4) is 0 Å². The molecule has 1 atom stereocenters. The van der Waals surface area contributed by atoms with Crippen LogP contribution in [-0.4, -0.2) is 20.0 Å². The molecule has 0 fully saturated rings. The molecule has 5 nitrogen and oxygen atoms in total. The molecule has 0 aliphatic rings. The van der Waals surface area contributed by atoms with Crippen LogP contribution in [0.4, 0.5) is 0 Å². The normalized spacial score (nSPS) is 12.8. The molecule has 2 aromatic rings. The van der Waals surface area contributed by atoms with Gasteiger partial charge in [-0.3, -0.25) is 0 Å². The van der Waals surface area contributed by atoms with E-state index in [9.17, 15) is 0 Å². The van der Waals surface area contributed by atoms with Crippen molar-refractivity contribution in [2.45, 2.75) is 45.7 Å². The van der Waals surface area contributed by atoms with E-state index >= 15 is 0 Å². The third-order valence-electron chi connectivity index (χ3n) is 2.76. The highest BCUT2D eigenvalue weighted by Crippen LogP contribution is 2.14. The van der Waals surface area contributed by atoms with E-state index in [-0.39, 0.29) is 6.04 Å². The van der Waals surface area contributed by atoms with Gasteiger partial charge in [-0.15, -0.1) is 16.4 Å². The van der Waals surface area contributed by atoms with Crippen LogP contribution in [0, 0.1) is 0 Å². The molecule has 98 valence electrons. The van der Waals surface area contributed by atoms with Crippen LogP contribution in [0.25, 0.3) is 0 Å². The molecule has 2 N–H and O–H groups in total. The van der Waals surface area contributed by atoms with E-state index in [1.165, 1.54) is 0 Å². The molecule has 0 radical (unpaired) electrons. The van der Waals surface area contributed by atoms with Crippen LogP contribution < -0.4 is 5.73 Å². The number of aromatic nitrogens is 4.